The van der Waals surface area contributed by atoms with Crippen molar-refractivity contribution in [2.24, 2.45) is 5.73 Å². The van der Waals surface area contributed by atoms with Crippen LogP contribution < -0.4 is 10.6 Å². The molecule has 0 aliphatic carbocycles. The van der Waals surface area contributed by atoms with Crippen LogP contribution in [0.4, 0.5) is 5.69 Å². The van der Waals surface area contributed by atoms with Crippen LogP contribution in [0.2, 0.25) is 0 Å². The highest BCUT2D eigenvalue weighted by atomic mass is 16.2. The van der Waals surface area contributed by atoms with E-state index < -0.39 is 0 Å². The number of carbonyl (C=O) groups is 1. The first kappa shape index (κ1) is 13.9. The van der Waals surface area contributed by atoms with Gasteiger partial charge < -0.3 is 15.7 Å². The number of aliphatic hydroxyl groups excluding tert-OH is 1. The zero-order chi connectivity index (χ0) is 13.7. The molecule has 2 rings (SSSR count). The molecule has 1 aliphatic heterocycles. The van der Waals surface area contributed by atoms with Gasteiger partial charge in [0.15, 0.2) is 0 Å². The Kier molecular flexibility index (Phi) is 4.80. The number of unbranched alkanes of at least 4 members (excludes halogenated alkanes) is 2. The summed E-state index contributed by atoms with van der Waals surface area (Å²) in [5.41, 5.74) is 8.36. The zero-order valence-electron chi connectivity index (χ0n) is 11.3. The van der Waals surface area contributed by atoms with E-state index in [-0.39, 0.29) is 12.5 Å². The second kappa shape index (κ2) is 6.57. The Bertz CT molecular complexity index is 446. The second-order valence-electron chi connectivity index (χ2n) is 5.04. The molecule has 0 spiro atoms. The SMILES string of the molecule is NC(=O)c1cccc2c1CCCN2CCCCCO. The van der Waals surface area contributed by atoms with Gasteiger partial charge in [-0.15, -0.1) is 0 Å². The van der Waals surface area contributed by atoms with E-state index in [1.807, 2.05) is 12.1 Å². The third-order valence-electron chi connectivity index (χ3n) is 3.70. The van der Waals surface area contributed by atoms with Crippen LogP contribution in [0.25, 0.3) is 0 Å². The molecular weight excluding hydrogens is 240 g/mol. The molecule has 0 saturated heterocycles. The molecule has 0 atom stereocenters. The minimum atomic E-state index is -0.334. The number of rotatable bonds is 6. The van der Waals surface area contributed by atoms with Gasteiger partial charge in [0.2, 0.25) is 5.91 Å². The number of benzene rings is 1. The number of fused-ring (bicyclic) bond motifs is 1. The van der Waals surface area contributed by atoms with Crippen molar-refractivity contribution in [3.8, 4) is 0 Å². The van der Waals surface area contributed by atoms with Gasteiger partial charge in [-0.2, -0.15) is 0 Å². The van der Waals surface area contributed by atoms with Gasteiger partial charge in [-0.1, -0.05) is 6.07 Å². The maximum Gasteiger partial charge on any atom is 0.249 e. The van der Waals surface area contributed by atoms with Crippen LogP contribution in [0.3, 0.4) is 0 Å². The molecule has 1 aromatic carbocycles. The van der Waals surface area contributed by atoms with Crippen LogP contribution in [0, 0.1) is 0 Å². The lowest BCUT2D eigenvalue weighted by molar-refractivity contribution is 0.0999. The van der Waals surface area contributed by atoms with Crippen LogP contribution in [0.15, 0.2) is 18.2 Å². The zero-order valence-corrected chi connectivity index (χ0v) is 11.3. The molecule has 1 heterocycles. The fraction of sp³-hybridized carbons (Fsp3) is 0.533. The molecule has 0 aromatic heterocycles. The molecule has 1 amide bonds. The maximum atomic E-state index is 11.5. The van der Waals surface area contributed by atoms with Crippen molar-refractivity contribution in [2.75, 3.05) is 24.6 Å². The number of aliphatic hydroxyl groups is 1. The third kappa shape index (κ3) is 3.26. The summed E-state index contributed by atoms with van der Waals surface area (Å²) in [7, 11) is 0. The highest BCUT2D eigenvalue weighted by Gasteiger charge is 2.20. The van der Waals surface area contributed by atoms with Crippen molar-refractivity contribution in [3.63, 3.8) is 0 Å². The van der Waals surface area contributed by atoms with Gasteiger partial charge >= 0.3 is 0 Å². The topological polar surface area (TPSA) is 66.6 Å². The summed E-state index contributed by atoms with van der Waals surface area (Å²) in [5.74, 6) is -0.334. The van der Waals surface area contributed by atoms with Gasteiger partial charge in [0.25, 0.3) is 0 Å². The van der Waals surface area contributed by atoms with Gasteiger partial charge in [0.1, 0.15) is 0 Å². The molecule has 1 aliphatic rings. The third-order valence-corrected chi connectivity index (χ3v) is 3.70. The molecule has 0 bridgehead atoms. The molecular formula is C15H22N2O2. The molecule has 0 radical (unpaired) electrons. The number of hydrogen-bond donors (Lipinski definition) is 2. The van der Waals surface area contributed by atoms with Crippen molar-refractivity contribution < 1.29 is 9.90 Å². The fourth-order valence-electron chi connectivity index (χ4n) is 2.76. The Hall–Kier alpha value is -1.55. The van der Waals surface area contributed by atoms with E-state index in [9.17, 15) is 4.79 Å². The van der Waals surface area contributed by atoms with Gasteiger partial charge in [-0.3, -0.25) is 4.79 Å². The average Bonchev–Trinajstić information content (AvgIpc) is 2.43. The number of hydrogen-bond acceptors (Lipinski definition) is 3. The number of amides is 1. The van der Waals surface area contributed by atoms with Crippen molar-refractivity contribution in [1.29, 1.82) is 0 Å². The summed E-state index contributed by atoms with van der Waals surface area (Å²) < 4.78 is 0. The number of nitrogens with two attached hydrogens (primary N) is 1. The van der Waals surface area contributed by atoms with Gasteiger partial charge in [-0.05, 0) is 49.8 Å². The van der Waals surface area contributed by atoms with E-state index in [1.165, 1.54) is 0 Å². The van der Waals surface area contributed by atoms with Gasteiger partial charge in [-0.25, -0.2) is 0 Å². The standard InChI is InChI=1S/C15H22N2O2/c16-15(19)13-6-4-8-14-12(13)7-5-10-17(14)9-2-1-3-11-18/h4,6,8,18H,1-3,5,7,9-11H2,(H2,16,19). The van der Waals surface area contributed by atoms with Crippen LogP contribution in [-0.2, 0) is 6.42 Å². The quantitative estimate of drug-likeness (QED) is 0.767. The molecule has 4 nitrogen and oxygen atoms in total. The van der Waals surface area contributed by atoms with E-state index in [0.717, 1.165) is 56.4 Å². The number of anilines is 1. The fourth-order valence-corrected chi connectivity index (χ4v) is 2.76. The van der Waals surface area contributed by atoms with E-state index in [1.54, 1.807) is 0 Å². The van der Waals surface area contributed by atoms with Crippen molar-refractivity contribution in [1.82, 2.24) is 0 Å². The predicted octanol–water partition coefficient (Wildman–Crippen LogP) is 1.70. The summed E-state index contributed by atoms with van der Waals surface area (Å²) in [6.45, 7) is 2.28. The maximum absolute atomic E-state index is 11.5. The molecule has 0 fully saturated rings. The van der Waals surface area contributed by atoms with Gasteiger partial charge in [0, 0.05) is 30.9 Å². The molecule has 1 aromatic rings. The lowest BCUT2D eigenvalue weighted by Crippen LogP contribution is -2.31. The minimum absolute atomic E-state index is 0.266. The number of nitrogens with zero attached hydrogens (tertiary/aromatic N) is 1. The van der Waals surface area contributed by atoms with E-state index in [4.69, 9.17) is 10.8 Å². The lowest BCUT2D eigenvalue weighted by atomic mass is 9.95. The molecule has 3 N–H and O–H groups in total. The van der Waals surface area contributed by atoms with E-state index in [0.29, 0.717) is 5.56 Å². The summed E-state index contributed by atoms with van der Waals surface area (Å²) in [5, 5.41) is 8.79. The Morgan fingerprint density at radius 1 is 1.32 bits per heavy atom. The smallest absolute Gasteiger partial charge is 0.249 e. The first-order valence-electron chi connectivity index (χ1n) is 7.01. The van der Waals surface area contributed by atoms with Crippen LogP contribution in [0.5, 0.6) is 0 Å². The normalized spacial score (nSPS) is 14.3. The van der Waals surface area contributed by atoms with Crippen LogP contribution in [0.1, 0.15) is 41.6 Å². The average molecular weight is 262 g/mol. The number of carbonyl (C=O) groups excluding carboxylic acids is 1. The molecule has 0 unspecified atom stereocenters. The number of primary amides is 1. The van der Waals surface area contributed by atoms with Crippen molar-refractivity contribution in [3.05, 3.63) is 29.3 Å². The van der Waals surface area contributed by atoms with Crippen LogP contribution in [-0.4, -0.2) is 30.7 Å². The molecule has 19 heavy (non-hydrogen) atoms. The minimum Gasteiger partial charge on any atom is -0.396 e. The molecule has 4 heteroatoms. The molecule has 104 valence electrons. The second-order valence-corrected chi connectivity index (χ2v) is 5.04. The first-order chi connectivity index (χ1) is 9.24. The Morgan fingerprint density at radius 2 is 2.16 bits per heavy atom. The highest BCUT2D eigenvalue weighted by Crippen LogP contribution is 2.29. The monoisotopic (exact) mass is 262 g/mol. The lowest BCUT2D eigenvalue weighted by Gasteiger charge is -2.32. The van der Waals surface area contributed by atoms with Crippen LogP contribution >= 0.6 is 0 Å². The summed E-state index contributed by atoms with van der Waals surface area (Å²) in [6.07, 6.45) is 4.97. The molecule has 0 saturated carbocycles. The first-order valence-corrected chi connectivity index (χ1v) is 7.01. The Morgan fingerprint density at radius 3 is 2.89 bits per heavy atom. The predicted molar refractivity (Wildman–Crippen MR) is 76.4 cm³/mol. The highest BCUT2D eigenvalue weighted by molar-refractivity contribution is 5.96. The van der Waals surface area contributed by atoms with E-state index in [2.05, 4.69) is 11.0 Å². The Labute approximate surface area is 114 Å². The Balaban J connectivity index is 2.11. The largest absolute Gasteiger partial charge is 0.396 e. The summed E-state index contributed by atoms with van der Waals surface area (Å²) in [6, 6.07) is 5.80. The van der Waals surface area contributed by atoms with E-state index >= 15 is 0 Å². The summed E-state index contributed by atoms with van der Waals surface area (Å²) >= 11 is 0. The van der Waals surface area contributed by atoms with Crippen molar-refractivity contribution >= 4 is 11.6 Å². The summed E-state index contributed by atoms with van der Waals surface area (Å²) in [4.78, 5) is 13.8. The van der Waals surface area contributed by atoms with Crippen molar-refractivity contribution in [2.45, 2.75) is 32.1 Å². The van der Waals surface area contributed by atoms with Gasteiger partial charge in [0.05, 0.1) is 0 Å².